The minimum Gasteiger partial charge on any atom is -0.481 e. The second-order valence-electron chi connectivity index (χ2n) is 7.30. The molecule has 0 bridgehead atoms. The van der Waals surface area contributed by atoms with Gasteiger partial charge < -0.3 is 5.11 Å². The Hall–Kier alpha value is -0.970. The lowest BCUT2D eigenvalue weighted by Gasteiger charge is -2.02. The first-order valence-corrected chi connectivity index (χ1v) is 10.9. The molecule has 0 aliphatic carbocycles. The van der Waals surface area contributed by atoms with Crippen LogP contribution in [0.2, 0.25) is 0 Å². The van der Waals surface area contributed by atoms with Crippen LogP contribution in [0.5, 0.6) is 0 Å². The quantitative estimate of drug-likeness (QED) is 0.205. The second kappa shape index (κ2) is 21.1. The highest BCUT2D eigenvalue weighted by molar-refractivity contribution is 5.66. The van der Waals surface area contributed by atoms with Gasteiger partial charge in [0.2, 0.25) is 0 Å². The van der Waals surface area contributed by atoms with Gasteiger partial charge in [-0.3, -0.25) is 4.79 Å². The van der Waals surface area contributed by atoms with Gasteiger partial charge >= 0.3 is 5.97 Å². The zero-order valence-electron chi connectivity index (χ0n) is 16.8. The van der Waals surface area contributed by atoms with Crippen LogP contribution in [-0.4, -0.2) is 11.1 Å². The van der Waals surface area contributed by atoms with E-state index in [9.17, 15) is 4.79 Å². The Kier molecular flexibility index (Phi) is 20.3. The van der Waals surface area contributed by atoms with Gasteiger partial charge in [-0.05, 0) is 19.3 Å². The Morgan fingerprint density at radius 1 is 0.600 bits per heavy atom. The molecule has 0 aromatic carbocycles. The van der Waals surface area contributed by atoms with Gasteiger partial charge in [0.15, 0.2) is 0 Å². The van der Waals surface area contributed by atoms with E-state index in [0.29, 0.717) is 0 Å². The summed E-state index contributed by atoms with van der Waals surface area (Å²) in [6.45, 7) is 2.28. The fraction of sp³-hybridized carbons (Fsp3) is 0.870. The monoisotopic (exact) mass is 350 g/mol. The minimum atomic E-state index is -0.699. The van der Waals surface area contributed by atoms with Gasteiger partial charge in [0.05, 0.1) is 0 Å². The molecule has 0 heterocycles. The van der Waals surface area contributed by atoms with E-state index in [1.54, 1.807) is 0 Å². The number of carbonyl (C=O) groups is 1. The van der Waals surface area contributed by atoms with Crippen molar-refractivity contribution in [1.29, 1.82) is 0 Å². The largest absolute Gasteiger partial charge is 0.481 e. The van der Waals surface area contributed by atoms with E-state index in [2.05, 4.69) is 18.8 Å². The van der Waals surface area contributed by atoms with Crippen LogP contribution in [-0.2, 0) is 4.79 Å². The second-order valence-corrected chi connectivity index (χ2v) is 7.30. The van der Waals surface area contributed by atoms with Crippen LogP contribution < -0.4 is 0 Å². The first kappa shape index (κ1) is 24.0. The summed E-state index contributed by atoms with van der Waals surface area (Å²) in [4.78, 5) is 10.4. The lowest BCUT2D eigenvalue weighted by Crippen LogP contribution is -1.92. The van der Waals surface area contributed by atoms with Gasteiger partial charge in [0, 0.05) is 19.3 Å². The summed E-state index contributed by atoms with van der Waals surface area (Å²) < 4.78 is 0. The van der Waals surface area contributed by atoms with Crippen molar-refractivity contribution in [3.05, 3.63) is 0 Å². The molecule has 146 valence electrons. The summed E-state index contributed by atoms with van der Waals surface area (Å²) >= 11 is 0. The molecule has 2 nitrogen and oxygen atoms in total. The van der Waals surface area contributed by atoms with Crippen LogP contribution in [0, 0.1) is 11.8 Å². The van der Waals surface area contributed by atoms with Crippen molar-refractivity contribution in [1.82, 2.24) is 0 Å². The molecule has 0 spiro atoms. The maximum Gasteiger partial charge on any atom is 0.303 e. The van der Waals surface area contributed by atoms with Crippen LogP contribution in [0.4, 0.5) is 0 Å². The molecule has 0 atom stereocenters. The molecule has 0 rings (SSSR count). The number of rotatable bonds is 18. The molecule has 2 heteroatoms. The third kappa shape index (κ3) is 23.0. The van der Waals surface area contributed by atoms with E-state index in [0.717, 1.165) is 25.7 Å². The topological polar surface area (TPSA) is 37.3 Å². The lowest BCUT2D eigenvalue weighted by atomic mass is 10.0. The summed E-state index contributed by atoms with van der Waals surface area (Å²) in [5, 5.41) is 8.53. The number of unbranched alkanes of at least 4 members (excludes halogenated alkanes) is 16. The van der Waals surface area contributed by atoms with Crippen LogP contribution in [0.3, 0.4) is 0 Å². The van der Waals surface area contributed by atoms with Crippen LogP contribution in [0.1, 0.15) is 129 Å². The molecule has 0 aromatic heterocycles. The summed E-state index contributed by atoms with van der Waals surface area (Å²) in [5.41, 5.74) is 0. The third-order valence-corrected chi connectivity index (χ3v) is 4.72. The fourth-order valence-electron chi connectivity index (χ4n) is 3.07. The zero-order chi connectivity index (χ0) is 18.4. The predicted molar refractivity (Wildman–Crippen MR) is 109 cm³/mol. The fourth-order valence-corrected chi connectivity index (χ4v) is 3.07. The Balaban J connectivity index is 3.08. The maximum absolute atomic E-state index is 10.4. The van der Waals surface area contributed by atoms with Gasteiger partial charge in [-0.2, -0.15) is 0 Å². The van der Waals surface area contributed by atoms with Gasteiger partial charge in [-0.15, -0.1) is 11.8 Å². The number of carboxylic acids is 1. The molecule has 0 aromatic rings. The molecule has 1 N–H and O–H groups in total. The van der Waals surface area contributed by atoms with Gasteiger partial charge in [0.1, 0.15) is 0 Å². The van der Waals surface area contributed by atoms with Crippen molar-refractivity contribution >= 4 is 5.97 Å². The molecule has 0 aliphatic heterocycles. The summed E-state index contributed by atoms with van der Waals surface area (Å²) in [7, 11) is 0. The number of aliphatic carboxylic acids is 1. The zero-order valence-corrected chi connectivity index (χ0v) is 16.8. The van der Waals surface area contributed by atoms with E-state index >= 15 is 0 Å². The van der Waals surface area contributed by atoms with E-state index < -0.39 is 5.97 Å². The number of hydrogen-bond donors (Lipinski definition) is 1. The van der Waals surface area contributed by atoms with Crippen molar-refractivity contribution in [3.8, 4) is 11.8 Å². The average molecular weight is 351 g/mol. The first-order chi connectivity index (χ1) is 12.3. The SMILES string of the molecule is CCCCCCCCCCCCCCCCC#CCCCCC(=O)O. The average Bonchev–Trinajstić information content (AvgIpc) is 2.60. The van der Waals surface area contributed by atoms with E-state index in [1.165, 1.54) is 89.9 Å². The molecule has 25 heavy (non-hydrogen) atoms. The van der Waals surface area contributed by atoms with E-state index in [4.69, 9.17) is 5.11 Å². The molecule has 0 aliphatic rings. The van der Waals surface area contributed by atoms with Crippen molar-refractivity contribution < 1.29 is 9.90 Å². The number of carboxylic acid groups (broad SMARTS) is 1. The lowest BCUT2D eigenvalue weighted by molar-refractivity contribution is -0.137. The normalized spacial score (nSPS) is 10.4. The Labute approximate surface area is 157 Å². The van der Waals surface area contributed by atoms with Crippen molar-refractivity contribution in [2.24, 2.45) is 0 Å². The van der Waals surface area contributed by atoms with Gasteiger partial charge in [-0.25, -0.2) is 0 Å². The third-order valence-electron chi connectivity index (χ3n) is 4.72. The minimum absolute atomic E-state index is 0.278. The molecule has 0 saturated heterocycles. The molecular formula is C23H42O2. The Morgan fingerprint density at radius 2 is 0.960 bits per heavy atom. The summed E-state index contributed by atoms with van der Waals surface area (Å²) in [5.74, 6) is 5.68. The standard InChI is InChI=1S/C23H42O2/c1-2-3-4-5-6-7-8-9-10-11-12-13-14-15-16-17-18-19-20-21-22-23(24)25/h2-16,19-22H2,1H3,(H,24,25). The highest BCUT2D eigenvalue weighted by Gasteiger charge is 1.95. The van der Waals surface area contributed by atoms with Crippen LogP contribution >= 0.6 is 0 Å². The molecule has 0 radical (unpaired) electrons. The van der Waals surface area contributed by atoms with Gasteiger partial charge in [0.25, 0.3) is 0 Å². The molecule has 0 amide bonds. The predicted octanol–water partition coefficient (Wildman–Crippen LogP) is 7.51. The molecular weight excluding hydrogens is 308 g/mol. The van der Waals surface area contributed by atoms with E-state index in [-0.39, 0.29) is 6.42 Å². The highest BCUT2D eigenvalue weighted by atomic mass is 16.4. The van der Waals surface area contributed by atoms with Crippen molar-refractivity contribution in [2.75, 3.05) is 0 Å². The Bertz CT molecular complexity index is 338. The van der Waals surface area contributed by atoms with Crippen LogP contribution in [0.15, 0.2) is 0 Å². The Morgan fingerprint density at radius 3 is 1.36 bits per heavy atom. The molecule has 0 unspecified atom stereocenters. The van der Waals surface area contributed by atoms with Crippen molar-refractivity contribution in [2.45, 2.75) is 129 Å². The number of hydrogen-bond acceptors (Lipinski definition) is 1. The van der Waals surface area contributed by atoms with Crippen molar-refractivity contribution in [3.63, 3.8) is 0 Å². The smallest absolute Gasteiger partial charge is 0.303 e. The highest BCUT2D eigenvalue weighted by Crippen LogP contribution is 2.13. The van der Waals surface area contributed by atoms with Crippen LogP contribution in [0.25, 0.3) is 0 Å². The maximum atomic E-state index is 10.4. The first-order valence-electron chi connectivity index (χ1n) is 10.9. The molecule has 0 fully saturated rings. The summed E-state index contributed by atoms with van der Waals surface area (Å²) in [6, 6.07) is 0. The molecule has 0 saturated carbocycles. The summed E-state index contributed by atoms with van der Waals surface area (Å²) in [6.07, 6.45) is 23.3. The van der Waals surface area contributed by atoms with E-state index in [1.807, 2.05) is 0 Å². The van der Waals surface area contributed by atoms with Gasteiger partial charge in [-0.1, -0.05) is 90.4 Å².